The summed E-state index contributed by atoms with van der Waals surface area (Å²) < 4.78 is 25.3. The lowest BCUT2D eigenvalue weighted by Gasteiger charge is -2.43. The number of hydrogen-bond donors (Lipinski definition) is 1. The highest BCUT2D eigenvalue weighted by atomic mass is 32.2. The smallest absolute Gasteiger partial charge is 0.272 e. The van der Waals surface area contributed by atoms with Crippen molar-refractivity contribution >= 4 is 21.7 Å². The predicted octanol–water partition coefficient (Wildman–Crippen LogP) is 2.96. The highest BCUT2D eigenvalue weighted by molar-refractivity contribution is 7.88. The van der Waals surface area contributed by atoms with Gasteiger partial charge in [0.15, 0.2) is 0 Å². The van der Waals surface area contributed by atoms with E-state index in [1.807, 2.05) is 11.8 Å². The van der Waals surface area contributed by atoms with Gasteiger partial charge in [0.1, 0.15) is 17.8 Å². The van der Waals surface area contributed by atoms with Crippen LogP contribution in [0.2, 0.25) is 0 Å². The van der Waals surface area contributed by atoms with E-state index in [9.17, 15) is 13.2 Å². The summed E-state index contributed by atoms with van der Waals surface area (Å²) in [6.07, 6.45) is 9.68. The molecular weight excluding hydrogens is 512 g/mol. The first-order chi connectivity index (χ1) is 18.7. The van der Waals surface area contributed by atoms with Gasteiger partial charge in [0.2, 0.25) is 10.0 Å². The standard InChI is InChI=1S/C29H42N6O3S/c1-21-27(31-20-32-28(21)30-19-22-8-9-23-6-4-5-7-24(23)18-22)29(36)35-16-12-26(13-17-35)34-14-10-25(11-15-34)33(2)39(3,37)38/h4-7,20,22,25-26H,8-19H2,1-3H3,(H,30,31,32). The Morgan fingerprint density at radius 1 is 1.03 bits per heavy atom. The van der Waals surface area contributed by atoms with E-state index in [0.717, 1.165) is 76.0 Å². The Morgan fingerprint density at radius 3 is 2.41 bits per heavy atom. The number of aryl methyl sites for hydroxylation is 1. The van der Waals surface area contributed by atoms with Crippen LogP contribution in [0, 0.1) is 12.8 Å². The molecule has 1 N–H and O–H groups in total. The van der Waals surface area contributed by atoms with Gasteiger partial charge in [0, 0.05) is 44.3 Å². The second kappa shape index (κ2) is 11.9. The molecule has 0 saturated carbocycles. The quantitative estimate of drug-likeness (QED) is 0.562. The summed E-state index contributed by atoms with van der Waals surface area (Å²) in [4.78, 5) is 26.7. The second-order valence-electron chi connectivity index (χ2n) is 11.5. The molecule has 10 heteroatoms. The molecule has 39 heavy (non-hydrogen) atoms. The van der Waals surface area contributed by atoms with Gasteiger partial charge in [-0.25, -0.2) is 22.7 Å². The number of nitrogens with one attached hydrogen (secondary N) is 1. The number of anilines is 1. The Balaban J connectivity index is 1.12. The molecule has 2 fully saturated rings. The van der Waals surface area contributed by atoms with Crippen LogP contribution in [-0.2, 0) is 22.9 Å². The lowest BCUT2D eigenvalue weighted by Crippen LogP contribution is -2.52. The number of nitrogens with zero attached hydrogens (tertiary/aromatic N) is 5. The first kappa shape index (κ1) is 28.0. The summed E-state index contributed by atoms with van der Waals surface area (Å²) in [7, 11) is -1.47. The molecule has 1 amide bonds. The van der Waals surface area contributed by atoms with Crippen LogP contribution in [0.4, 0.5) is 5.82 Å². The summed E-state index contributed by atoms with van der Waals surface area (Å²) in [6, 6.07) is 9.22. The third kappa shape index (κ3) is 6.44. The SMILES string of the molecule is Cc1c(NCC2CCc3ccccc3C2)ncnc1C(=O)N1CCC(N2CCC(N(C)S(C)(=O)=O)CC2)CC1. The van der Waals surface area contributed by atoms with Crippen molar-refractivity contribution in [1.29, 1.82) is 0 Å². The van der Waals surface area contributed by atoms with Crippen LogP contribution >= 0.6 is 0 Å². The number of carbonyl (C=O) groups excluding carboxylic acids is 1. The number of sulfonamides is 1. The van der Waals surface area contributed by atoms with Crippen LogP contribution in [0.25, 0.3) is 0 Å². The Morgan fingerprint density at radius 2 is 1.72 bits per heavy atom. The lowest BCUT2D eigenvalue weighted by molar-refractivity contribution is 0.0542. The fraction of sp³-hybridized carbons (Fsp3) is 0.621. The molecule has 1 unspecified atom stereocenters. The number of carbonyl (C=O) groups is 1. The summed E-state index contributed by atoms with van der Waals surface area (Å²) in [6.45, 7) is 5.99. The van der Waals surface area contributed by atoms with E-state index in [0.29, 0.717) is 30.7 Å². The maximum Gasteiger partial charge on any atom is 0.272 e. The average molecular weight is 555 g/mol. The van der Waals surface area contributed by atoms with Gasteiger partial charge in [0.05, 0.1) is 6.26 Å². The summed E-state index contributed by atoms with van der Waals surface area (Å²) >= 11 is 0. The molecule has 3 heterocycles. The van der Waals surface area contributed by atoms with Crippen molar-refractivity contribution in [3.63, 3.8) is 0 Å². The summed E-state index contributed by atoms with van der Waals surface area (Å²) in [5.41, 5.74) is 4.22. The molecule has 0 spiro atoms. The Bertz CT molecular complexity index is 1270. The van der Waals surface area contributed by atoms with Gasteiger partial charge in [0.25, 0.3) is 5.91 Å². The largest absolute Gasteiger partial charge is 0.369 e. The number of amides is 1. The van der Waals surface area contributed by atoms with Crippen LogP contribution in [0.1, 0.15) is 59.3 Å². The zero-order valence-corrected chi connectivity index (χ0v) is 24.3. The zero-order valence-electron chi connectivity index (χ0n) is 23.5. The average Bonchev–Trinajstić information content (AvgIpc) is 2.95. The minimum Gasteiger partial charge on any atom is -0.369 e. The van der Waals surface area contributed by atoms with E-state index in [2.05, 4.69) is 44.5 Å². The molecule has 0 radical (unpaired) electrons. The number of fused-ring (bicyclic) bond motifs is 1. The van der Waals surface area contributed by atoms with Gasteiger partial charge in [-0.15, -0.1) is 0 Å². The molecule has 2 saturated heterocycles. The molecule has 5 rings (SSSR count). The Labute approximate surface area is 233 Å². The number of piperidine rings is 2. The monoisotopic (exact) mass is 554 g/mol. The Kier molecular flexibility index (Phi) is 8.54. The zero-order chi connectivity index (χ0) is 27.6. The third-order valence-corrected chi connectivity index (χ3v) is 10.4. The van der Waals surface area contributed by atoms with Crippen LogP contribution in [0.15, 0.2) is 30.6 Å². The molecule has 0 bridgehead atoms. The van der Waals surface area contributed by atoms with Crippen molar-refractivity contribution in [2.24, 2.45) is 5.92 Å². The van der Waals surface area contributed by atoms with Crippen molar-refractivity contribution < 1.29 is 13.2 Å². The first-order valence-corrected chi connectivity index (χ1v) is 16.1. The van der Waals surface area contributed by atoms with Gasteiger partial charge in [-0.2, -0.15) is 0 Å². The predicted molar refractivity (Wildman–Crippen MR) is 153 cm³/mol. The van der Waals surface area contributed by atoms with Crippen LogP contribution in [-0.4, -0.2) is 96.5 Å². The second-order valence-corrected chi connectivity index (χ2v) is 13.6. The molecule has 2 aromatic rings. The van der Waals surface area contributed by atoms with Gasteiger partial charge in [-0.05, 0) is 82.0 Å². The van der Waals surface area contributed by atoms with Crippen molar-refractivity contribution in [3.8, 4) is 0 Å². The molecule has 9 nitrogen and oxygen atoms in total. The number of aromatic nitrogens is 2. The van der Waals surface area contributed by atoms with Crippen LogP contribution in [0.5, 0.6) is 0 Å². The molecule has 1 atom stereocenters. The number of hydrogen-bond acceptors (Lipinski definition) is 7. The van der Waals surface area contributed by atoms with Gasteiger partial charge >= 0.3 is 0 Å². The summed E-state index contributed by atoms with van der Waals surface area (Å²) in [5.74, 6) is 1.28. The molecule has 1 aliphatic carbocycles. The minimum atomic E-state index is -3.16. The van der Waals surface area contributed by atoms with Crippen molar-refractivity contribution in [2.45, 2.75) is 64.0 Å². The molecule has 1 aromatic carbocycles. The highest BCUT2D eigenvalue weighted by Gasteiger charge is 2.33. The van der Waals surface area contributed by atoms with E-state index in [4.69, 9.17) is 0 Å². The number of rotatable bonds is 7. The van der Waals surface area contributed by atoms with Crippen molar-refractivity contribution in [1.82, 2.24) is 24.1 Å². The number of benzene rings is 1. The normalized spacial score (nSPS) is 21.6. The first-order valence-electron chi connectivity index (χ1n) is 14.3. The van der Waals surface area contributed by atoms with E-state index >= 15 is 0 Å². The van der Waals surface area contributed by atoms with Gasteiger partial charge < -0.3 is 15.1 Å². The summed E-state index contributed by atoms with van der Waals surface area (Å²) in [5, 5.41) is 3.51. The van der Waals surface area contributed by atoms with E-state index in [1.54, 1.807) is 7.05 Å². The van der Waals surface area contributed by atoms with E-state index in [-0.39, 0.29) is 11.9 Å². The lowest BCUT2D eigenvalue weighted by atomic mass is 9.84. The fourth-order valence-electron chi connectivity index (χ4n) is 6.50. The minimum absolute atomic E-state index is 0.0171. The molecular formula is C29H42N6O3S. The fourth-order valence-corrected chi connectivity index (χ4v) is 7.25. The van der Waals surface area contributed by atoms with E-state index in [1.165, 1.54) is 28.0 Å². The Hall–Kier alpha value is -2.56. The van der Waals surface area contributed by atoms with E-state index < -0.39 is 10.0 Å². The van der Waals surface area contributed by atoms with Crippen LogP contribution in [0.3, 0.4) is 0 Å². The molecule has 2 aliphatic heterocycles. The maximum absolute atomic E-state index is 13.4. The molecule has 1 aromatic heterocycles. The topological polar surface area (TPSA) is 98.7 Å². The molecule has 3 aliphatic rings. The molecule has 212 valence electrons. The van der Waals surface area contributed by atoms with Gasteiger partial charge in [-0.1, -0.05) is 24.3 Å². The van der Waals surface area contributed by atoms with Crippen molar-refractivity contribution in [2.75, 3.05) is 51.3 Å². The highest BCUT2D eigenvalue weighted by Crippen LogP contribution is 2.27. The van der Waals surface area contributed by atoms with Crippen LogP contribution < -0.4 is 5.32 Å². The number of likely N-dealkylation sites (tertiary alicyclic amines) is 2. The van der Waals surface area contributed by atoms with Crippen molar-refractivity contribution in [3.05, 3.63) is 53.0 Å². The maximum atomic E-state index is 13.4. The third-order valence-electron chi connectivity index (χ3n) is 9.10. The van der Waals surface area contributed by atoms with Gasteiger partial charge in [-0.3, -0.25) is 4.79 Å².